The van der Waals surface area contributed by atoms with Gasteiger partial charge in [-0.3, -0.25) is 0 Å². The summed E-state index contributed by atoms with van der Waals surface area (Å²) in [5.74, 6) is -0.0962. The van der Waals surface area contributed by atoms with Gasteiger partial charge in [0.05, 0.1) is 0 Å². The molecule has 0 aliphatic heterocycles. The Morgan fingerprint density at radius 3 is 2.41 bits per heavy atom. The first-order chi connectivity index (χ1) is 15.5. The van der Waals surface area contributed by atoms with Gasteiger partial charge in [-0.05, 0) is 78.3 Å². The number of aryl methyl sites for hydroxylation is 3. The highest BCUT2D eigenvalue weighted by Gasteiger charge is 2.11. The third-order valence-corrected chi connectivity index (χ3v) is 5.58. The Bertz CT molecular complexity index is 1080. The van der Waals surface area contributed by atoms with Crippen LogP contribution in [0, 0.1) is 12.7 Å². The zero-order valence-corrected chi connectivity index (χ0v) is 19.2. The molecular weight excluding hydrogens is 399 g/mol. The summed E-state index contributed by atoms with van der Waals surface area (Å²) in [6.07, 6.45) is 7.93. The Hall–Kier alpha value is -3.20. The molecule has 0 unspecified atom stereocenters. The van der Waals surface area contributed by atoms with E-state index in [-0.39, 0.29) is 5.82 Å². The molecule has 0 radical (unpaired) electrons. The lowest BCUT2D eigenvalue weighted by Gasteiger charge is -2.12. The molecule has 0 heterocycles. The molecule has 0 spiro atoms. The molecular formula is C29H31FO2. The van der Waals surface area contributed by atoms with Crippen LogP contribution in [0.1, 0.15) is 55.4 Å². The zero-order valence-electron chi connectivity index (χ0n) is 19.2. The van der Waals surface area contributed by atoms with Crippen LogP contribution in [-0.2, 0) is 17.6 Å². The van der Waals surface area contributed by atoms with Crippen LogP contribution in [-0.4, -0.2) is 5.97 Å². The summed E-state index contributed by atoms with van der Waals surface area (Å²) in [5, 5.41) is 0. The molecule has 166 valence electrons. The first-order valence-corrected chi connectivity index (χ1v) is 11.4. The maximum absolute atomic E-state index is 14.6. The number of ether oxygens (including phenoxy) is 1. The molecule has 0 saturated carbocycles. The number of esters is 1. The fourth-order valence-electron chi connectivity index (χ4n) is 3.68. The number of unbranched alkanes of at least 4 members (excludes halogenated alkanes) is 2. The van der Waals surface area contributed by atoms with Crippen molar-refractivity contribution in [3.8, 4) is 16.9 Å². The molecule has 3 rings (SSSR count). The number of hydrogen-bond acceptors (Lipinski definition) is 2. The molecule has 0 atom stereocenters. The van der Waals surface area contributed by atoms with Crippen LogP contribution in [0.2, 0.25) is 0 Å². The van der Waals surface area contributed by atoms with Crippen LogP contribution < -0.4 is 4.74 Å². The molecule has 0 fully saturated rings. The van der Waals surface area contributed by atoms with Crippen molar-refractivity contribution in [1.82, 2.24) is 0 Å². The number of hydrogen-bond donors (Lipinski definition) is 0. The predicted octanol–water partition coefficient (Wildman–Crippen LogP) is 7.72. The topological polar surface area (TPSA) is 26.3 Å². The lowest BCUT2D eigenvalue weighted by atomic mass is 9.95. The fraction of sp³-hybridized carbons (Fsp3) is 0.276. The third kappa shape index (κ3) is 6.40. The van der Waals surface area contributed by atoms with Gasteiger partial charge in [0.25, 0.3) is 0 Å². The van der Waals surface area contributed by atoms with Gasteiger partial charge < -0.3 is 4.74 Å². The van der Waals surface area contributed by atoms with Crippen molar-refractivity contribution in [3.05, 3.63) is 94.8 Å². The molecule has 0 aromatic heterocycles. The van der Waals surface area contributed by atoms with Crippen molar-refractivity contribution in [1.29, 1.82) is 0 Å². The van der Waals surface area contributed by atoms with Crippen LogP contribution in [0.5, 0.6) is 5.75 Å². The van der Waals surface area contributed by atoms with E-state index < -0.39 is 5.97 Å². The first-order valence-electron chi connectivity index (χ1n) is 11.4. The van der Waals surface area contributed by atoms with E-state index in [4.69, 9.17) is 4.74 Å². The normalized spacial score (nSPS) is 11.1. The molecule has 3 heteroatoms. The predicted molar refractivity (Wildman–Crippen MR) is 130 cm³/mol. The molecule has 3 aromatic rings. The monoisotopic (exact) mass is 430 g/mol. The second-order valence-corrected chi connectivity index (χ2v) is 8.10. The van der Waals surface area contributed by atoms with Gasteiger partial charge in [0.15, 0.2) is 0 Å². The average Bonchev–Trinajstić information content (AvgIpc) is 2.80. The van der Waals surface area contributed by atoms with E-state index in [0.717, 1.165) is 59.9 Å². The molecule has 2 nitrogen and oxygen atoms in total. The Balaban J connectivity index is 1.72. The summed E-state index contributed by atoms with van der Waals surface area (Å²) in [7, 11) is 0. The minimum atomic E-state index is -0.428. The highest BCUT2D eigenvalue weighted by atomic mass is 19.1. The molecule has 0 saturated heterocycles. The summed E-state index contributed by atoms with van der Waals surface area (Å²) in [5.41, 5.74) is 5.69. The van der Waals surface area contributed by atoms with Gasteiger partial charge in [0.2, 0.25) is 0 Å². The number of halogens is 1. The Labute approximate surface area is 190 Å². The molecule has 32 heavy (non-hydrogen) atoms. The molecule has 0 aliphatic carbocycles. The lowest BCUT2D eigenvalue weighted by Crippen LogP contribution is -2.04. The minimum Gasteiger partial charge on any atom is -0.423 e. The van der Waals surface area contributed by atoms with Gasteiger partial charge in [-0.15, -0.1) is 0 Å². The minimum absolute atomic E-state index is 0.155. The number of carbonyl (C=O) groups excluding carboxylic acids is 1. The maximum Gasteiger partial charge on any atom is 0.336 e. The first kappa shape index (κ1) is 23.5. The largest absolute Gasteiger partial charge is 0.423 e. The second kappa shape index (κ2) is 11.4. The van der Waals surface area contributed by atoms with Crippen LogP contribution in [0.3, 0.4) is 0 Å². The molecule has 0 aliphatic rings. The Kier molecular flexibility index (Phi) is 8.38. The van der Waals surface area contributed by atoms with E-state index in [0.29, 0.717) is 5.75 Å². The van der Waals surface area contributed by atoms with Crippen molar-refractivity contribution < 1.29 is 13.9 Å². The van der Waals surface area contributed by atoms with Crippen molar-refractivity contribution in [3.63, 3.8) is 0 Å². The van der Waals surface area contributed by atoms with Gasteiger partial charge >= 0.3 is 5.97 Å². The summed E-state index contributed by atoms with van der Waals surface area (Å²) in [4.78, 5) is 12.2. The lowest BCUT2D eigenvalue weighted by molar-refractivity contribution is -0.128. The van der Waals surface area contributed by atoms with Crippen molar-refractivity contribution >= 4 is 12.0 Å². The van der Waals surface area contributed by atoms with Gasteiger partial charge in [-0.1, -0.05) is 74.7 Å². The van der Waals surface area contributed by atoms with Gasteiger partial charge in [0.1, 0.15) is 11.6 Å². The van der Waals surface area contributed by atoms with Crippen LogP contribution in [0.15, 0.2) is 66.7 Å². The maximum atomic E-state index is 14.6. The smallest absolute Gasteiger partial charge is 0.336 e. The summed E-state index contributed by atoms with van der Waals surface area (Å²) in [6, 6.07) is 18.9. The second-order valence-electron chi connectivity index (χ2n) is 8.10. The van der Waals surface area contributed by atoms with Crippen LogP contribution >= 0.6 is 0 Å². The zero-order chi connectivity index (χ0) is 22.9. The van der Waals surface area contributed by atoms with Crippen molar-refractivity contribution in [2.75, 3.05) is 0 Å². The Morgan fingerprint density at radius 1 is 0.938 bits per heavy atom. The number of rotatable bonds is 9. The van der Waals surface area contributed by atoms with E-state index in [1.807, 2.05) is 62.4 Å². The fourth-order valence-corrected chi connectivity index (χ4v) is 3.68. The van der Waals surface area contributed by atoms with E-state index in [1.54, 1.807) is 18.2 Å². The van der Waals surface area contributed by atoms with Gasteiger partial charge in [0, 0.05) is 6.08 Å². The molecule has 0 N–H and O–H groups in total. The van der Waals surface area contributed by atoms with Gasteiger partial charge in [-0.2, -0.15) is 0 Å². The quantitative estimate of drug-likeness (QED) is 0.150. The summed E-state index contributed by atoms with van der Waals surface area (Å²) < 4.78 is 20.1. The van der Waals surface area contributed by atoms with Crippen LogP contribution in [0.25, 0.3) is 17.2 Å². The number of carbonyl (C=O) groups is 1. The standard InChI is InChI=1S/C29H31FO2/c1-4-6-7-8-24-14-15-25(20-28(24)30)27-17-16-26(19-23(27)5-2)32-29(31)18-13-22-11-9-21(3)10-12-22/h9-20H,4-8H2,1-3H3/b18-13-. The highest BCUT2D eigenvalue weighted by molar-refractivity contribution is 5.88. The van der Waals surface area contributed by atoms with E-state index >= 15 is 0 Å². The average molecular weight is 431 g/mol. The van der Waals surface area contributed by atoms with Crippen molar-refractivity contribution in [2.24, 2.45) is 0 Å². The number of benzene rings is 3. The van der Waals surface area contributed by atoms with Gasteiger partial charge in [-0.25, -0.2) is 9.18 Å². The van der Waals surface area contributed by atoms with E-state index in [2.05, 4.69) is 6.92 Å². The van der Waals surface area contributed by atoms with E-state index in [9.17, 15) is 9.18 Å². The third-order valence-electron chi connectivity index (χ3n) is 5.58. The van der Waals surface area contributed by atoms with Crippen molar-refractivity contribution in [2.45, 2.75) is 52.9 Å². The SMILES string of the molecule is CCCCCc1ccc(-c2ccc(OC(=O)/C=C\c3ccc(C)cc3)cc2CC)cc1F. The highest BCUT2D eigenvalue weighted by Crippen LogP contribution is 2.30. The molecule has 3 aromatic carbocycles. The van der Waals surface area contributed by atoms with Crippen LogP contribution in [0.4, 0.5) is 4.39 Å². The molecule has 0 amide bonds. The summed E-state index contributed by atoms with van der Waals surface area (Å²) >= 11 is 0. The Morgan fingerprint density at radius 2 is 1.72 bits per heavy atom. The molecule has 0 bridgehead atoms. The van der Waals surface area contributed by atoms with E-state index in [1.165, 1.54) is 11.6 Å². The summed E-state index contributed by atoms with van der Waals surface area (Å²) in [6.45, 7) is 6.21.